The van der Waals surface area contributed by atoms with E-state index in [0.29, 0.717) is 18.7 Å². The lowest BCUT2D eigenvalue weighted by molar-refractivity contribution is 0.1000. The van der Waals surface area contributed by atoms with Crippen LogP contribution in [0.25, 0.3) is 0 Å². The Morgan fingerprint density at radius 2 is 1.91 bits per heavy atom. The first-order chi connectivity index (χ1) is 15.1. The molecule has 174 valence electrons. The van der Waals surface area contributed by atoms with Crippen molar-refractivity contribution in [1.29, 1.82) is 0 Å². The van der Waals surface area contributed by atoms with Crippen molar-refractivity contribution >= 4 is 35.8 Å². The third-order valence-electron chi connectivity index (χ3n) is 5.52. The highest BCUT2D eigenvalue weighted by Crippen LogP contribution is 2.31. The maximum Gasteiger partial charge on any atom is 0.248 e. The molecule has 0 radical (unpaired) electrons. The molecule has 0 spiro atoms. The topological polar surface area (TPSA) is 92.0 Å². The summed E-state index contributed by atoms with van der Waals surface area (Å²) in [6.45, 7) is 6.14. The van der Waals surface area contributed by atoms with Crippen molar-refractivity contribution in [2.75, 3.05) is 33.3 Å². The van der Waals surface area contributed by atoms with Crippen LogP contribution in [-0.4, -0.2) is 50.1 Å². The number of nitrogens with two attached hydrogens (primary N) is 1. The Morgan fingerprint density at radius 1 is 1.16 bits per heavy atom. The lowest BCUT2D eigenvalue weighted by atomic mass is 10.0. The number of nitrogens with zero attached hydrogens (tertiary/aromatic N) is 2. The Bertz CT molecular complexity index is 899. The summed E-state index contributed by atoms with van der Waals surface area (Å²) in [5, 5.41) is 6.82. The Hall–Kier alpha value is -2.33. The van der Waals surface area contributed by atoms with Crippen LogP contribution in [-0.2, 0) is 6.54 Å². The van der Waals surface area contributed by atoms with E-state index in [0.717, 1.165) is 36.9 Å². The van der Waals surface area contributed by atoms with Crippen LogP contribution in [0.2, 0.25) is 0 Å². The molecule has 32 heavy (non-hydrogen) atoms. The molecule has 1 atom stereocenters. The largest absolute Gasteiger partial charge is 0.496 e. The Labute approximate surface area is 207 Å². The van der Waals surface area contributed by atoms with E-state index in [1.807, 2.05) is 31.2 Å². The van der Waals surface area contributed by atoms with Gasteiger partial charge in [0.25, 0.3) is 0 Å². The maximum atomic E-state index is 11.4. The van der Waals surface area contributed by atoms with Gasteiger partial charge < -0.3 is 21.1 Å². The van der Waals surface area contributed by atoms with Crippen LogP contribution in [0.5, 0.6) is 5.75 Å². The molecular weight excluding hydrogens is 517 g/mol. The van der Waals surface area contributed by atoms with Gasteiger partial charge in [0.15, 0.2) is 5.96 Å². The number of rotatable bonds is 9. The summed E-state index contributed by atoms with van der Waals surface area (Å²) < 4.78 is 5.64. The summed E-state index contributed by atoms with van der Waals surface area (Å²) in [5.74, 6) is 1.22. The summed E-state index contributed by atoms with van der Waals surface area (Å²) in [7, 11) is 1.72. The second kappa shape index (κ2) is 13.3. The fraction of sp³-hybridized carbons (Fsp3) is 0.417. The fourth-order valence-corrected chi connectivity index (χ4v) is 3.96. The number of guanidine groups is 1. The highest BCUT2D eigenvalue weighted by atomic mass is 127. The zero-order valence-electron chi connectivity index (χ0n) is 18.8. The summed E-state index contributed by atoms with van der Waals surface area (Å²) in [4.78, 5) is 18.6. The smallest absolute Gasteiger partial charge is 0.248 e. The van der Waals surface area contributed by atoms with Gasteiger partial charge in [0.05, 0.1) is 19.7 Å². The van der Waals surface area contributed by atoms with Gasteiger partial charge in [-0.15, -0.1) is 24.0 Å². The van der Waals surface area contributed by atoms with Crippen molar-refractivity contribution in [3.8, 4) is 5.75 Å². The van der Waals surface area contributed by atoms with Crippen molar-refractivity contribution < 1.29 is 9.53 Å². The first-order valence-corrected chi connectivity index (χ1v) is 10.9. The van der Waals surface area contributed by atoms with E-state index >= 15 is 0 Å². The van der Waals surface area contributed by atoms with Gasteiger partial charge >= 0.3 is 0 Å². The van der Waals surface area contributed by atoms with E-state index in [1.54, 1.807) is 19.2 Å². The number of aliphatic imine (C=N–C) groups is 1. The Morgan fingerprint density at radius 3 is 2.59 bits per heavy atom. The normalized spacial score (nSPS) is 15.0. The van der Waals surface area contributed by atoms with Crippen LogP contribution in [0.3, 0.4) is 0 Å². The number of halogens is 1. The number of primary amides is 1. The van der Waals surface area contributed by atoms with E-state index in [4.69, 9.17) is 15.5 Å². The summed E-state index contributed by atoms with van der Waals surface area (Å²) in [6, 6.07) is 15.7. The quantitative estimate of drug-likeness (QED) is 0.253. The molecule has 1 heterocycles. The molecule has 7 nitrogen and oxygen atoms in total. The zero-order chi connectivity index (χ0) is 22.1. The Balaban J connectivity index is 0.00000363. The van der Waals surface area contributed by atoms with Crippen molar-refractivity contribution in [1.82, 2.24) is 15.5 Å². The van der Waals surface area contributed by atoms with E-state index in [-0.39, 0.29) is 30.0 Å². The van der Waals surface area contributed by atoms with Crippen molar-refractivity contribution in [3.63, 3.8) is 0 Å². The first kappa shape index (κ1) is 25.9. The monoisotopic (exact) mass is 551 g/mol. The molecule has 4 N–H and O–H groups in total. The minimum atomic E-state index is -0.430. The van der Waals surface area contributed by atoms with E-state index in [2.05, 4.69) is 27.7 Å². The molecule has 0 aliphatic carbocycles. The average Bonchev–Trinajstić information content (AvgIpc) is 3.32. The molecule has 1 amide bonds. The lowest BCUT2D eigenvalue weighted by Crippen LogP contribution is -2.42. The second-order valence-corrected chi connectivity index (χ2v) is 7.64. The fourth-order valence-electron chi connectivity index (χ4n) is 3.96. The number of para-hydroxylation sites is 1. The molecule has 1 fully saturated rings. The number of likely N-dealkylation sites (tertiary alicyclic amines) is 1. The average molecular weight is 551 g/mol. The van der Waals surface area contributed by atoms with Gasteiger partial charge in [-0.1, -0.05) is 30.3 Å². The minimum Gasteiger partial charge on any atom is -0.496 e. The summed E-state index contributed by atoms with van der Waals surface area (Å²) >= 11 is 0. The molecule has 3 rings (SSSR count). The molecule has 1 unspecified atom stereocenters. The van der Waals surface area contributed by atoms with Crippen molar-refractivity contribution in [2.24, 2.45) is 10.7 Å². The van der Waals surface area contributed by atoms with Gasteiger partial charge in [0.1, 0.15) is 5.75 Å². The summed E-state index contributed by atoms with van der Waals surface area (Å²) in [5.41, 5.74) is 8.01. The number of amides is 1. The van der Waals surface area contributed by atoms with Crippen LogP contribution >= 0.6 is 24.0 Å². The van der Waals surface area contributed by atoms with Gasteiger partial charge in [-0.05, 0) is 56.6 Å². The molecule has 1 aliphatic heterocycles. The molecule has 1 aliphatic rings. The van der Waals surface area contributed by atoms with Crippen LogP contribution < -0.4 is 21.1 Å². The van der Waals surface area contributed by atoms with E-state index in [1.165, 1.54) is 18.4 Å². The molecule has 2 aromatic carbocycles. The first-order valence-electron chi connectivity index (χ1n) is 10.9. The number of methoxy groups -OCH3 is 1. The molecule has 1 saturated heterocycles. The molecule has 8 heteroatoms. The second-order valence-electron chi connectivity index (χ2n) is 7.64. The molecule has 0 aromatic heterocycles. The number of hydrogen-bond acceptors (Lipinski definition) is 4. The van der Waals surface area contributed by atoms with Gasteiger partial charge in [0, 0.05) is 24.2 Å². The molecule has 0 bridgehead atoms. The molecule has 2 aromatic rings. The third kappa shape index (κ3) is 7.09. The number of benzene rings is 2. The Kier molecular flexibility index (Phi) is 10.8. The van der Waals surface area contributed by atoms with E-state index < -0.39 is 5.91 Å². The minimum absolute atomic E-state index is 0. The summed E-state index contributed by atoms with van der Waals surface area (Å²) in [6.07, 6.45) is 2.44. The van der Waals surface area contributed by atoms with Gasteiger partial charge in [-0.25, -0.2) is 4.99 Å². The molecule has 0 saturated carbocycles. The van der Waals surface area contributed by atoms with Gasteiger partial charge in [-0.2, -0.15) is 0 Å². The third-order valence-corrected chi connectivity index (χ3v) is 5.52. The maximum absolute atomic E-state index is 11.4. The number of carbonyl (C=O) groups is 1. The molecular formula is C24H34IN5O2. The van der Waals surface area contributed by atoms with Crippen LogP contribution in [0.4, 0.5) is 0 Å². The van der Waals surface area contributed by atoms with E-state index in [9.17, 15) is 4.79 Å². The number of nitrogens with one attached hydrogen (secondary N) is 2. The number of hydrogen-bond donors (Lipinski definition) is 3. The highest BCUT2D eigenvalue weighted by Gasteiger charge is 2.26. The lowest BCUT2D eigenvalue weighted by Gasteiger charge is -2.30. The number of ether oxygens (including phenoxy) is 1. The van der Waals surface area contributed by atoms with Crippen molar-refractivity contribution in [3.05, 3.63) is 65.2 Å². The standard InChI is InChI=1S/C24H33N5O2.HI/c1-3-26-24(27-16-18-9-8-10-19(15-18)23(25)30)28-17-21(29-13-6-7-14-29)20-11-4-5-12-22(20)31-2;/h4-5,8-12,15,21H,3,6-7,13-14,16-17H2,1-2H3,(H2,25,30)(H2,26,27,28);1H. The number of carbonyl (C=O) groups excluding carboxylic acids is 1. The SMILES string of the molecule is CCNC(=NCc1cccc(C(N)=O)c1)NCC(c1ccccc1OC)N1CCCC1.I. The zero-order valence-corrected chi connectivity index (χ0v) is 21.2. The highest BCUT2D eigenvalue weighted by molar-refractivity contribution is 14.0. The van der Waals surface area contributed by atoms with Crippen LogP contribution in [0, 0.1) is 0 Å². The predicted octanol–water partition coefficient (Wildman–Crippen LogP) is 3.30. The van der Waals surface area contributed by atoms with Crippen molar-refractivity contribution in [2.45, 2.75) is 32.4 Å². The van der Waals surface area contributed by atoms with Gasteiger partial charge in [0.2, 0.25) is 5.91 Å². The van der Waals surface area contributed by atoms with Crippen LogP contribution in [0.1, 0.15) is 47.3 Å². The van der Waals surface area contributed by atoms with Crippen LogP contribution in [0.15, 0.2) is 53.5 Å². The van der Waals surface area contributed by atoms with Gasteiger partial charge in [-0.3, -0.25) is 9.69 Å². The predicted molar refractivity (Wildman–Crippen MR) is 140 cm³/mol.